The summed E-state index contributed by atoms with van der Waals surface area (Å²) in [5.41, 5.74) is 0. The summed E-state index contributed by atoms with van der Waals surface area (Å²) in [5.74, 6) is 0.752. The van der Waals surface area contributed by atoms with E-state index in [0.29, 0.717) is 12.8 Å². The molecule has 4 heteroatoms. The molecule has 1 aliphatic rings. The molecule has 2 heterocycles. The van der Waals surface area contributed by atoms with Crippen LogP contribution in [0.5, 0.6) is 5.75 Å². The molecule has 2 rings (SSSR count). The van der Waals surface area contributed by atoms with Gasteiger partial charge in [0.1, 0.15) is 5.75 Å². The van der Waals surface area contributed by atoms with Crippen molar-refractivity contribution >= 4 is 0 Å². The van der Waals surface area contributed by atoms with E-state index in [1.165, 1.54) is 19.4 Å². The van der Waals surface area contributed by atoms with Crippen LogP contribution >= 0.6 is 0 Å². The summed E-state index contributed by atoms with van der Waals surface area (Å²) >= 11 is 0. The lowest BCUT2D eigenvalue weighted by atomic mass is 10.2. The normalized spacial score (nSPS) is 21.2. The van der Waals surface area contributed by atoms with Crippen molar-refractivity contribution in [1.29, 1.82) is 0 Å². The summed E-state index contributed by atoms with van der Waals surface area (Å²) in [6.45, 7) is 2.23. The second-order valence-electron chi connectivity index (χ2n) is 4.10. The zero-order valence-corrected chi connectivity index (χ0v) is 9.63. The van der Waals surface area contributed by atoms with Crippen molar-refractivity contribution < 1.29 is 9.47 Å². The third-order valence-electron chi connectivity index (χ3n) is 2.93. The Morgan fingerprint density at radius 3 is 3.19 bits per heavy atom. The van der Waals surface area contributed by atoms with Gasteiger partial charge in [0.05, 0.1) is 12.8 Å². The molecule has 0 spiro atoms. The Hall–Kier alpha value is -1.13. The Kier molecular flexibility index (Phi) is 4.13. The maximum Gasteiger partial charge on any atom is 0.189 e. The minimum absolute atomic E-state index is 0.302. The van der Waals surface area contributed by atoms with E-state index >= 15 is 0 Å². The highest BCUT2D eigenvalue weighted by Crippen LogP contribution is 2.14. The number of rotatable bonds is 5. The first-order valence-electron chi connectivity index (χ1n) is 5.67. The fourth-order valence-corrected chi connectivity index (χ4v) is 1.92. The number of pyridine rings is 1. The summed E-state index contributed by atoms with van der Waals surface area (Å²) in [6.07, 6.45) is 5.91. The molecule has 0 saturated carbocycles. The fourth-order valence-electron chi connectivity index (χ4n) is 1.92. The van der Waals surface area contributed by atoms with E-state index in [2.05, 4.69) is 16.9 Å². The molecule has 4 nitrogen and oxygen atoms in total. The van der Waals surface area contributed by atoms with E-state index in [1.807, 2.05) is 12.1 Å². The lowest BCUT2D eigenvalue weighted by Gasteiger charge is -2.19. The van der Waals surface area contributed by atoms with Crippen molar-refractivity contribution in [2.24, 2.45) is 0 Å². The molecular formula is C12H18N2O2. The van der Waals surface area contributed by atoms with Crippen LogP contribution in [0.4, 0.5) is 0 Å². The minimum atomic E-state index is 0.302. The second kappa shape index (κ2) is 5.82. The molecule has 88 valence electrons. The van der Waals surface area contributed by atoms with Gasteiger partial charge in [-0.15, -0.1) is 0 Å². The summed E-state index contributed by atoms with van der Waals surface area (Å²) < 4.78 is 10.9. The van der Waals surface area contributed by atoms with Gasteiger partial charge in [-0.05, 0) is 38.6 Å². The maximum absolute atomic E-state index is 5.50. The van der Waals surface area contributed by atoms with E-state index in [1.54, 1.807) is 12.4 Å². The molecular weight excluding hydrogens is 204 g/mol. The Morgan fingerprint density at radius 2 is 2.50 bits per heavy atom. The van der Waals surface area contributed by atoms with Crippen molar-refractivity contribution in [1.82, 2.24) is 9.88 Å². The van der Waals surface area contributed by atoms with Gasteiger partial charge in [-0.25, -0.2) is 0 Å². The van der Waals surface area contributed by atoms with Gasteiger partial charge in [-0.3, -0.25) is 4.98 Å². The summed E-state index contributed by atoms with van der Waals surface area (Å²) in [4.78, 5) is 6.30. The topological polar surface area (TPSA) is 34.6 Å². The van der Waals surface area contributed by atoms with Crippen LogP contribution in [0.3, 0.4) is 0 Å². The minimum Gasteiger partial charge on any atom is -0.466 e. The first kappa shape index (κ1) is 11.4. The van der Waals surface area contributed by atoms with Crippen LogP contribution < -0.4 is 4.74 Å². The highest BCUT2D eigenvalue weighted by molar-refractivity contribution is 5.14. The van der Waals surface area contributed by atoms with E-state index in [4.69, 9.17) is 9.47 Å². The summed E-state index contributed by atoms with van der Waals surface area (Å²) in [7, 11) is 2.14. The molecule has 0 bridgehead atoms. The predicted octanol–water partition coefficient (Wildman–Crippen LogP) is 1.53. The van der Waals surface area contributed by atoms with Crippen molar-refractivity contribution in [3.05, 3.63) is 24.5 Å². The molecule has 0 aliphatic carbocycles. The van der Waals surface area contributed by atoms with Crippen LogP contribution in [0.1, 0.15) is 12.8 Å². The molecule has 1 aromatic rings. The molecule has 0 aromatic carbocycles. The molecule has 0 unspecified atom stereocenters. The van der Waals surface area contributed by atoms with Gasteiger partial charge in [-0.1, -0.05) is 0 Å². The first-order valence-corrected chi connectivity index (χ1v) is 5.67. The van der Waals surface area contributed by atoms with E-state index in [0.717, 1.165) is 12.4 Å². The molecule has 1 aromatic heterocycles. The number of likely N-dealkylation sites (N-methyl/N-ethyl adjacent to an activating group) is 1. The van der Waals surface area contributed by atoms with Gasteiger partial charge in [0, 0.05) is 12.2 Å². The van der Waals surface area contributed by atoms with E-state index < -0.39 is 0 Å². The molecule has 1 atom stereocenters. The van der Waals surface area contributed by atoms with Crippen LogP contribution in [0.2, 0.25) is 0 Å². The maximum atomic E-state index is 5.50. The van der Waals surface area contributed by atoms with Gasteiger partial charge in [-0.2, -0.15) is 0 Å². The van der Waals surface area contributed by atoms with Gasteiger partial charge in [0.15, 0.2) is 6.79 Å². The van der Waals surface area contributed by atoms with Crippen LogP contribution in [0, 0.1) is 0 Å². The molecule has 0 N–H and O–H groups in total. The quantitative estimate of drug-likeness (QED) is 0.559. The Labute approximate surface area is 96.2 Å². The third kappa shape index (κ3) is 3.18. The number of hydrogen-bond donors (Lipinski definition) is 0. The van der Waals surface area contributed by atoms with Gasteiger partial charge >= 0.3 is 0 Å². The lowest BCUT2D eigenvalue weighted by Crippen LogP contribution is -2.29. The average molecular weight is 222 g/mol. The monoisotopic (exact) mass is 222 g/mol. The van der Waals surface area contributed by atoms with Gasteiger partial charge in [0.2, 0.25) is 0 Å². The van der Waals surface area contributed by atoms with Crippen molar-refractivity contribution in [3.63, 3.8) is 0 Å². The Bertz CT molecular complexity index is 305. The van der Waals surface area contributed by atoms with E-state index in [-0.39, 0.29) is 0 Å². The third-order valence-corrected chi connectivity index (χ3v) is 2.93. The van der Waals surface area contributed by atoms with Crippen LogP contribution in [-0.4, -0.2) is 42.9 Å². The number of hydrogen-bond acceptors (Lipinski definition) is 4. The standard InChI is InChI=1S/C12H18N2O2/c1-14-7-3-4-11(14)9-15-10-16-12-5-2-6-13-8-12/h2,5-6,8,11H,3-4,7,9-10H2,1H3/t11-/m0/s1. The van der Waals surface area contributed by atoms with Crippen molar-refractivity contribution in [2.45, 2.75) is 18.9 Å². The van der Waals surface area contributed by atoms with Crippen LogP contribution in [0.25, 0.3) is 0 Å². The largest absolute Gasteiger partial charge is 0.466 e. The molecule has 0 radical (unpaired) electrons. The smallest absolute Gasteiger partial charge is 0.189 e. The molecule has 0 amide bonds. The molecule has 1 saturated heterocycles. The van der Waals surface area contributed by atoms with Gasteiger partial charge in [0.25, 0.3) is 0 Å². The first-order chi connectivity index (χ1) is 7.86. The predicted molar refractivity (Wildman–Crippen MR) is 61.3 cm³/mol. The number of aromatic nitrogens is 1. The molecule has 16 heavy (non-hydrogen) atoms. The van der Waals surface area contributed by atoms with Crippen molar-refractivity contribution in [2.75, 3.05) is 27.0 Å². The van der Waals surface area contributed by atoms with Gasteiger partial charge < -0.3 is 14.4 Å². The zero-order valence-electron chi connectivity index (χ0n) is 9.63. The lowest BCUT2D eigenvalue weighted by molar-refractivity contribution is -0.00590. The Morgan fingerprint density at radius 1 is 1.56 bits per heavy atom. The molecule has 1 fully saturated rings. The number of nitrogens with zero attached hydrogens (tertiary/aromatic N) is 2. The summed E-state index contributed by atoms with van der Waals surface area (Å²) in [5, 5.41) is 0. The van der Waals surface area contributed by atoms with Crippen LogP contribution in [0.15, 0.2) is 24.5 Å². The number of likely N-dealkylation sites (tertiary alicyclic amines) is 1. The second-order valence-corrected chi connectivity index (χ2v) is 4.10. The van der Waals surface area contributed by atoms with Crippen molar-refractivity contribution in [3.8, 4) is 5.75 Å². The summed E-state index contributed by atoms with van der Waals surface area (Å²) in [6, 6.07) is 4.27. The zero-order chi connectivity index (χ0) is 11.2. The average Bonchev–Trinajstić information content (AvgIpc) is 2.72. The fraction of sp³-hybridized carbons (Fsp3) is 0.583. The molecule has 1 aliphatic heterocycles. The highest BCUT2D eigenvalue weighted by Gasteiger charge is 2.20. The van der Waals surface area contributed by atoms with Crippen LogP contribution in [-0.2, 0) is 4.74 Å². The SMILES string of the molecule is CN1CCC[C@H]1COCOc1cccnc1. The number of ether oxygens (including phenoxy) is 2. The highest BCUT2D eigenvalue weighted by atomic mass is 16.7. The van der Waals surface area contributed by atoms with E-state index in [9.17, 15) is 0 Å². The Balaban J connectivity index is 1.62.